The Morgan fingerprint density at radius 2 is 1.83 bits per heavy atom. The van der Waals surface area contributed by atoms with E-state index < -0.39 is 23.1 Å². The lowest BCUT2D eigenvalue weighted by molar-refractivity contribution is -0.138. The van der Waals surface area contributed by atoms with E-state index in [-0.39, 0.29) is 6.61 Å². The first kappa shape index (κ1) is 19.9. The molecule has 0 saturated heterocycles. The van der Waals surface area contributed by atoms with Crippen molar-refractivity contribution >= 4 is 28.8 Å². The standard InChI is InChI=1S/C22H21N3O4S/c1-4-29-21(27)16-15(14-11-8-12-30-14)17-19(24(2)22(28)25(3)20(17)26)23-18(16)13-9-6-5-7-10-13/h5-12,15,23H,4H2,1-3H3/t15-/m0/s1. The Morgan fingerprint density at radius 1 is 1.10 bits per heavy atom. The zero-order valence-electron chi connectivity index (χ0n) is 16.8. The van der Waals surface area contributed by atoms with Gasteiger partial charge in [0.25, 0.3) is 5.56 Å². The van der Waals surface area contributed by atoms with Gasteiger partial charge < -0.3 is 10.1 Å². The Balaban J connectivity index is 2.12. The number of hydrogen-bond acceptors (Lipinski definition) is 6. The van der Waals surface area contributed by atoms with Gasteiger partial charge in [-0.2, -0.15) is 0 Å². The lowest BCUT2D eigenvalue weighted by Crippen LogP contribution is -2.43. The van der Waals surface area contributed by atoms with Crippen LogP contribution in [0.4, 0.5) is 5.82 Å². The molecule has 0 unspecified atom stereocenters. The van der Waals surface area contributed by atoms with Crippen molar-refractivity contribution in [2.75, 3.05) is 11.9 Å². The maximum Gasteiger partial charge on any atom is 0.337 e. The highest BCUT2D eigenvalue weighted by Crippen LogP contribution is 2.44. The number of fused-ring (bicyclic) bond motifs is 1. The predicted molar refractivity (Wildman–Crippen MR) is 117 cm³/mol. The predicted octanol–water partition coefficient (Wildman–Crippen LogP) is 2.68. The summed E-state index contributed by atoms with van der Waals surface area (Å²) in [6.45, 7) is 1.95. The molecular weight excluding hydrogens is 402 g/mol. The summed E-state index contributed by atoms with van der Waals surface area (Å²) < 4.78 is 7.86. The molecule has 0 saturated carbocycles. The van der Waals surface area contributed by atoms with Crippen LogP contribution in [-0.2, 0) is 23.6 Å². The molecule has 1 aliphatic rings. The van der Waals surface area contributed by atoms with Crippen molar-refractivity contribution in [1.82, 2.24) is 9.13 Å². The van der Waals surface area contributed by atoms with Gasteiger partial charge in [0.1, 0.15) is 5.82 Å². The molecule has 30 heavy (non-hydrogen) atoms. The van der Waals surface area contributed by atoms with Crippen LogP contribution in [0.5, 0.6) is 0 Å². The Morgan fingerprint density at radius 3 is 2.47 bits per heavy atom. The first-order valence-electron chi connectivity index (χ1n) is 9.52. The van der Waals surface area contributed by atoms with Crippen molar-refractivity contribution in [3.8, 4) is 0 Å². The van der Waals surface area contributed by atoms with E-state index in [0.29, 0.717) is 22.7 Å². The van der Waals surface area contributed by atoms with Crippen LogP contribution in [0.1, 0.15) is 28.8 Å². The number of thiophene rings is 1. The van der Waals surface area contributed by atoms with Crippen LogP contribution in [0.15, 0.2) is 63.0 Å². The summed E-state index contributed by atoms with van der Waals surface area (Å²) in [6.07, 6.45) is 0. The van der Waals surface area contributed by atoms with Gasteiger partial charge in [-0.05, 0) is 23.9 Å². The Labute approximate surface area is 176 Å². The molecule has 3 heterocycles. The second kappa shape index (κ2) is 7.79. The van der Waals surface area contributed by atoms with E-state index in [1.165, 1.54) is 23.0 Å². The highest BCUT2D eigenvalue weighted by molar-refractivity contribution is 7.10. The number of carbonyl (C=O) groups is 1. The van der Waals surface area contributed by atoms with Gasteiger partial charge in [-0.3, -0.25) is 13.9 Å². The van der Waals surface area contributed by atoms with Gasteiger partial charge in [0.05, 0.1) is 29.4 Å². The first-order chi connectivity index (χ1) is 14.5. The Hall–Kier alpha value is -3.39. The number of aromatic nitrogens is 2. The molecule has 0 bridgehead atoms. The largest absolute Gasteiger partial charge is 0.463 e. The topological polar surface area (TPSA) is 82.3 Å². The van der Waals surface area contributed by atoms with Crippen LogP contribution in [0, 0.1) is 0 Å². The normalized spacial score (nSPS) is 15.5. The van der Waals surface area contributed by atoms with Crippen molar-refractivity contribution in [3.63, 3.8) is 0 Å². The van der Waals surface area contributed by atoms with Crippen LogP contribution < -0.4 is 16.6 Å². The number of hydrogen-bond donors (Lipinski definition) is 1. The smallest absolute Gasteiger partial charge is 0.337 e. The molecule has 8 heteroatoms. The number of ether oxygens (including phenoxy) is 1. The molecule has 1 atom stereocenters. The first-order valence-corrected chi connectivity index (χ1v) is 10.4. The highest BCUT2D eigenvalue weighted by Gasteiger charge is 2.39. The highest BCUT2D eigenvalue weighted by atomic mass is 32.1. The maximum absolute atomic E-state index is 13.2. The Bertz CT molecular complexity index is 1250. The van der Waals surface area contributed by atoms with Gasteiger partial charge in [-0.15, -0.1) is 11.3 Å². The van der Waals surface area contributed by atoms with Gasteiger partial charge in [0.2, 0.25) is 0 Å². The average Bonchev–Trinajstić information content (AvgIpc) is 3.30. The molecule has 0 aliphatic carbocycles. The van der Waals surface area contributed by atoms with Gasteiger partial charge in [-0.25, -0.2) is 9.59 Å². The SMILES string of the molecule is CCOC(=O)C1=C(c2ccccc2)Nc2c(c(=O)n(C)c(=O)n2C)[C@H]1c1cccs1. The fourth-order valence-electron chi connectivity index (χ4n) is 3.76. The monoisotopic (exact) mass is 423 g/mol. The van der Waals surface area contributed by atoms with E-state index in [4.69, 9.17) is 4.74 Å². The van der Waals surface area contributed by atoms with Crippen LogP contribution in [0.25, 0.3) is 5.70 Å². The molecule has 0 amide bonds. The van der Waals surface area contributed by atoms with Crippen molar-refractivity contribution in [3.05, 3.63) is 90.3 Å². The Kier molecular flexibility index (Phi) is 5.17. The summed E-state index contributed by atoms with van der Waals surface area (Å²) in [5, 5.41) is 5.10. The lowest BCUT2D eigenvalue weighted by Gasteiger charge is -2.31. The zero-order valence-corrected chi connectivity index (χ0v) is 17.7. The van der Waals surface area contributed by atoms with Crippen LogP contribution >= 0.6 is 11.3 Å². The second-order valence-corrected chi connectivity index (χ2v) is 7.90. The van der Waals surface area contributed by atoms with E-state index in [1.54, 1.807) is 14.0 Å². The van der Waals surface area contributed by atoms with Crippen LogP contribution in [-0.4, -0.2) is 21.7 Å². The molecule has 3 aromatic rings. The second-order valence-electron chi connectivity index (χ2n) is 6.92. The summed E-state index contributed by atoms with van der Waals surface area (Å²) in [7, 11) is 3.05. The summed E-state index contributed by atoms with van der Waals surface area (Å²) in [6, 6.07) is 13.1. The van der Waals surface area contributed by atoms with Crippen LogP contribution in [0.2, 0.25) is 0 Å². The average molecular weight is 423 g/mol. The third-order valence-corrected chi connectivity index (χ3v) is 6.11. The van der Waals surface area contributed by atoms with Crippen LogP contribution in [0.3, 0.4) is 0 Å². The quantitative estimate of drug-likeness (QED) is 0.653. The maximum atomic E-state index is 13.2. The number of anilines is 1. The molecule has 1 N–H and O–H groups in total. The number of esters is 1. The van der Waals surface area contributed by atoms with Gasteiger partial charge in [0, 0.05) is 19.0 Å². The van der Waals surface area contributed by atoms with E-state index in [0.717, 1.165) is 15.0 Å². The number of carbonyl (C=O) groups excluding carboxylic acids is 1. The fourth-order valence-corrected chi connectivity index (χ4v) is 4.60. The minimum Gasteiger partial charge on any atom is -0.463 e. The van der Waals surface area contributed by atoms with Gasteiger partial charge in [-0.1, -0.05) is 36.4 Å². The number of nitrogens with one attached hydrogen (secondary N) is 1. The van der Waals surface area contributed by atoms with E-state index in [9.17, 15) is 14.4 Å². The van der Waals surface area contributed by atoms with E-state index >= 15 is 0 Å². The lowest BCUT2D eigenvalue weighted by atomic mass is 9.84. The van der Waals surface area contributed by atoms with Crippen molar-refractivity contribution in [2.45, 2.75) is 12.8 Å². The third-order valence-electron chi connectivity index (χ3n) is 5.18. The zero-order chi connectivity index (χ0) is 21.4. The number of nitrogens with zero attached hydrogens (tertiary/aromatic N) is 2. The summed E-state index contributed by atoms with van der Waals surface area (Å²) in [5.74, 6) is -0.766. The minimum absolute atomic E-state index is 0.208. The third kappa shape index (κ3) is 3.09. The molecule has 2 aromatic heterocycles. The number of rotatable bonds is 4. The molecule has 154 valence electrons. The number of benzene rings is 1. The molecule has 0 spiro atoms. The van der Waals surface area contributed by atoms with Gasteiger partial charge in [0.15, 0.2) is 0 Å². The molecule has 0 radical (unpaired) electrons. The fraction of sp³-hybridized carbons (Fsp3) is 0.227. The molecule has 4 rings (SSSR count). The van der Waals surface area contributed by atoms with E-state index in [2.05, 4.69) is 5.32 Å². The molecule has 1 aliphatic heterocycles. The minimum atomic E-state index is -0.652. The van der Waals surface area contributed by atoms with Crippen molar-refractivity contribution < 1.29 is 9.53 Å². The molecule has 0 fully saturated rings. The summed E-state index contributed by atoms with van der Waals surface area (Å²) in [5.41, 5.74) is 1.12. The van der Waals surface area contributed by atoms with Crippen molar-refractivity contribution in [1.29, 1.82) is 0 Å². The molecule has 1 aromatic carbocycles. The van der Waals surface area contributed by atoms with Crippen molar-refractivity contribution in [2.24, 2.45) is 14.1 Å². The van der Waals surface area contributed by atoms with E-state index in [1.807, 2.05) is 47.8 Å². The van der Waals surface area contributed by atoms with Gasteiger partial charge >= 0.3 is 11.7 Å². The summed E-state index contributed by atoms with van der Waals surface area (Å²) >= 11 is 1.45. The summed E-state index contributed by atoms with van der Waals surface area (Å²) in [4.78, 5) is 39.8. The molecule has 7 nitrogen and oxygen atoms in total. The molecular formula is C22H21N3O4S.